The van der Waals surface area contributed by atoms with Crippen LogP contribution in [0.2, 0.25) is 0 Å². The maximum absolute atomic E-state index is 12.6. The van der Waals surface area contributed by atoms with E-state index in [1.165, 1.54) is 21.0 Å². The van der Waals surface area contributed by atoms with Crippen molar-refractivity contribution in [3.05, 3.63) is 17.1 Å². The highest BCUT2D eigenvalue weighted by Gasteiger charge is 2.37. The highest BCUT2D eigenvalue weighted by molar-refractivity contribution is 7.89. The number of hydrogen-bond acceptors (Lipinski definition) is 6. The Morgan fingerprint density at radius 1 is 1.25 bits per heavy atom. The zero-order valence-electron chi connectivity index (χ0n) is 11.6. The summed E-state index contributed by atoms with van der Waals surface area (Å²) in [5.74, 6) is -0.378. The molecule has 8 heteroatoms. The molecule has 1 aliphatic rings. The minimum absolute atomic E-state index is 0.0702. The Balaban J connectivity index is 2.53. The Hall–Kier alpha value is -1.38. The maximum atomic E-state index is 12.6. The third-order valence-electron chi connectivity index (χ3n) is 3.09. The van der Waals surface area contributed by atoms with Crippen LogP contribution in [0.5, 0.6) is 0 Å². The molecule has 0 aliphatic carbocycles. The second-order valence-electron chi connectivity index (χ2n) is 4.48. The lowest BCUT2D eigenvalue weighted by Crippen LogP contribution is -2.36. The number of esters is 1. The molecule has 0 saturated carbocycles. The number of ether oxygens (including phenoxy) is 1. The summed E-state index contributed by atoms with van der Waals surface area (Å²) in [6.45, 7) is 3.61. The van der Waals surface area contributed by atoms with Crippen LogP contribution in [0.15, 0.2) is 9.31 Å². The fourth-order valence-corrected chi connectivity index (χ4v) is 3.85. The number of carbonyl (C=O) groups excluding carboxylic acids is 1. The van der Waals surface area contributed by atoms with Crippen LogP contribution in [0.25, 0.3) is 0 Å². The molecule has 7 nitrogen and oxygen atoms in total. The molecule has 0 N–H and O–H groups in total. The van der Waals surface area contributed by atoms with Crippen molar-refractivity contribution < 1.29 is 27.2 Å². The quantitative estimate of drug-likeness (QED) is 0.785. The van der Waals surface area contributed by atoms with Gasteiger partial charge in [-0.1, -0.05) is 4.47 Å². The van der Waals surface area contributed by atoms with Gasteiger partial charge >= 0.3 is 5.97 Å². The molecule has 0 spiro atoms. The van der Waals surface area contributed by atoms with E-state index in [0.29, 0.717) is 13.0 Å². The molecule has 0 radical (unpaired) electrons. The van der Waals surface area contributed by atoms with E-state index in [1.807, 2.05) is 0 Å². The van der Waals surface area contributed by atoms with Gasteiger partial charge in [-0.25, -0.2) is 13.2 Å². The molecule has 0 amide bonds. The van der Waals surface area contributed by atoms with Gasteiger partial charge in [0.25, 0.3) is 10.0 Å². The number of hydroxylamine groups is 1. The topological polar surface area (TPSA) is 86.0 Å². The second-order valence-corrected chi connectivity index (χ2v) is 6.25. The highest BCUT2D eigenvalue weighted by Crippen LogP contribution is 2.30. The van der Waals surface area contributed by atoms with E-state index in [4.69, 9.17) is 9.25 Å². The first-order chi connectivity index (χ1) is 9.39. The summed E-state index contributed by atoms with van der Waals surface area (Å²) in [7, 11) is -2.75. The zero-order chi connectivity index (χ0) is 14.9. The summed E-state index contributed by atoms with van der Waals surface area (Å²) >= 11 is 0. The van der Waals surface area contributed by atoms with Crippen LogP contribution < -0.4 is 0 Å². The highest BCUT2D eigenvalue weighted by atomic mass is 32.2. The smallest absolute Gasteiger partial charge is 0.342 e. The summed E-state index contributed by atoms with van der Waals surface area (Å²) in [4.78, 5) is 16.8. The molecule has 0 atom stereocenters. The second kappa shape index (κ2) is 5.55. The number of carbonyl (C=O) groups is 1. The lowest BCUT2D eigenvalue weighted by Gasteiger charge is -2.25. The monoisotopic (exact) mass is 303 g/mol. The van der Waals surface area contributed by atoms with Gasteiger partial charge in [0.15, 0.2) is 0 Å². The molecule has 2 heterocycles. The molecule has 112 valence electrons. The van der Waals surface area contributed by atoms with Gasteiger partial charge in [-0.15, -0.1) is 0 Å². The summed E-state index contributed by atoms with van der Waals surface area (Å²) in [6, 6.07) is 0. The van der Waals surface area contributed by atoms with E-state index in [9.17, 15) is 13.2 Å². The SMILES string of the molecule is COC(=O)c1c(C)oc(C)c1S(=O)(=O)N1CCCCO1. The number of aryl methyl sites for hydroxylation is 2. The first-order valence-corrected chi connectivity index (χ1v) is 7.67. The van der Waals surface area contributed by atoms with Gasteiger partial charge in [0, 0.05) is 6.54 Å². The Morgan fingerprint density at radius 2 is 1.95 bits per heavy atom. The molecule has 1 aromatic rings. The van der Waals surface area contributed by atoms with Crippen molar-refractivity contribution in [3.8, 4) is 0 Å². The van der Waals surface area contributed by atoms with Crippen molar-refractivity contribution in [1.29, 1.82) is 0 Å². The Bertz CT molecular complexity index is 612. The number of sulfonamides is 1. The van der Waals surface area contributed by atoms with Crippen molar-refractivity contribution >= 4 is 16.0 Å². The lowest BCUT2D eigenvalue weighted by molar-refractivity contribution is -0.108. The molecule has 0 bridgehead atoms. The van der Waals surface area contributed by atoms with Gasteiger partial charge in [0.05, 0.1) is 13.7 Å². The van der Waals surface area contributed by atoms with Crippen LogP contribution in [0.1, 0.15) is 34.7 Å². The predicted molar refractivity (Wildman–Crippen MR) is 68.6 cm³/mol. The van der Waals surface area contributed by atoms with Crippen LogP contribution in [0, 0.1) is 13.8 Å². The minimum atomic E-state index is -3.94. The number of hydrogen-bond donors (Lipinski definition) is 0. The average molecular weight is 303 g/mol. The van der Waals surface area contributed by atoms with E-state index in [0.717, 1.165) is 10.9 Å². The average Bonchev–Trinajstić information content (AvgIpc) is 2.74. The van der Waals surface area contributed by atoms with Crippen molar-refractivity contribution in [2.75, 3.05) is 20.3 Å². The number of methoxy groups -OCH3 is 1. The Labute approximate surface area is 117 Å². The molecular formula is C12H17NO6S. The fraction of sp³-hybridized carbons (Fsp3) is 0.583. The minimum Gasteiger partial charge on any atom is -0.465 e. The first-order valence-electron chi connectivity index (χ1n) is 6.23. The molecular weight excluding hydrogens is 286 g/mol. The van der Waals surface area contributed by atoms with Gasteiger partial charge in [0.2, 0.25) is 0 Å². The van der Waals surface area contributed by atoms with Crippen molar-refractivity contribution in [2.45, 2.75) is 31.6 Å². The molecule has 0 unspecified atom stereocenters. The van der Waals surface area contributed by atoms with Gasteiger partial charge in [-0.05, 0) is 26.7 Å². The Kier molecular flexibility index (Phi) is 4.17. The van der Waals surface area contributed by atoms with Crippen molar-refractivity contribution in [3.63, 3.8) is 0 Å². The molecule has 1 aromatic heterocycles. The van der Waals surface area contributed by atoms with Crippen LogP contribution >= 0.6 is 0 Å². The summed E-state index contributed by atoms with van der Waals surface area (Å²) in [5.41, 5.74) is -0.0702. The summed E-state index contributed by atoms with van der Waals surface area (Å²) in [6.07, 6.45) is 1.52. The van der Waals surface area contributed by atoms with Crippen LogP contribution in [0.4, 0.5) is 0 Å². The molecule has 0 aromatic carbocycles. The third kappa shape index (κ3) is 2.46. The normalized spacial score (nSPS) is 17.1. The van der Waals surface area contributed by atoms with Crippen molar-refractivity contribution in [1.82, 2.24) is 4.47 Å². The van der Waals surface area contributed by atoms with Gasteiger partial charge < -0.3 is 9.15 Å². The summed E-state index contributed by atoms with van der Waals surface area (Å²) < 4.78 is 36.0. The number of furan rings is 1. The van der Waals surface area contributed by atoms with Gasteiger partial charge in [0.1, 0.15) is 22.0 Å². The fourth-order valence-electron chi connectivity index (χ4n) is 2.18. The van der Waals surface area contributed by atoms with Gasteiger partial charge in [-0.2, -0.15) is 0 Å². The first kappa shape index (κ1) is 15.0. The van der Waals surface area contributed by atoms with Crippen LogP contribution in [-0.4, -0.2) is 39.1 Å². The molecule has 1 fully saturated rings. The van der Waals surface area contributed by atoms with E-state index in [-0.39, 0.29) is 28.5 Å². The molecule has 1 aliphatic heterocycles. The van der Waals surface area contributed by atoms with Crippen LogP contribution in [0.3, 0.4) is 0 Å². The van der Waals surface area contributed by atoms with Crippen molar-refractivity contribution in [2.24, 2.45) is 0 Å². The third-order valence-corrected chi connectivity index (χ3v) is 4.92. The summed E-state index contributed by atoms with van der Waals surface area (Å²) in [5, 5.41) is 0. The van der Waals surface area contributed by atoms with E-state index in [1.54, 1.807) is 0 Å². The maximum Gasteiger partial charge on any atom is 0.342 e. The van der Waals surface area contributed by atoms with Gasteiger partial charge in [-0.3, -0.25) is 4.84 Å². The van der Waals surface area contributed by atoms with E-state index >= 15 is 0 Å². The zero-order valence-corrected chi connectivity index (χ0v) is 12.4. The lowest BCUT2D eigenvalue weighted by atomic mass is 10.2. The molecule has 20 heavy (non-hydrogen) atoms. The largest absolute Gasteiger partial charge is 0.465 e. The molecule has 2 rings (SSSR count). The van der Waals surface area contributed by atoms with E-state index < -0.39 is 16.0 Å². The number of rotatable bonds is 3. The Morgan fingerprint density at radius 3 is 2.50 bits per heavy atom. The molecule has 1 saturated heterocycles. The number of nitrogens with zero attached hydrogens (tertiary/aromatic N) is 1. The predicted octanol–water partition coefficient (Wildman–Crippen LogP) is 1.40. The standard InChI is InChI=1S/C12H17NO6S/c1-8-10(12(14)17-3)11(9(2)19-8)20(15,16)13-6-4-5-7-18-13/h4-7H2,1-3H3. The van der Waals surface area contributed by atoms with E-state index in [2.05, 4.69) is 4.74 Å². The van der Waals surface area contributed by atoms with Crippen LogP contribution in [-0.2, 0) is 19.6 Å².